The number of amides is 1. The lowest BCUT2D eigenvalue weighted by atomic mass is 9.96. The Bertz CT molecular complexity index is 231. The van der Waals surface area contributed by atoms with Crippen LogP contribution in [0, 0.1) is 0 Å². The van der Waals surface area contributed by atoms with Gasteiger partial charge in [-0.05, 0) is 40.5 Å². The second-order valence-electron chi connectivity index (χ2n) is 5.22. The molecule has 0 heterocycles. The maximum Gasteiger partial charge on any atom is 0.237 e. The molecule has 0 saturated heterocycles. The van der Waals surface area contributed by atoms with Crippen molar-refractivity contribution in [2.24, 2.45) is 5.73 Å². The summed E-state index contributed by atoms with van der Waals surface area (Å²) in [5, 5.41) is 3.21. The lowest BCUT2D eigenvalue weighted by Crippen LogP contribution is -2.56. The monoisotopic (exact) mass is 244 g/mol. The summed E-state index contributed by atoms with van der Waals surface area (Å²) in [5.41, 5.74) is 4.76. The van der Waals surface area contributed by atoms with Crippen molar-refractivity contribution < 1.29 is 9.53 Å². The molecule has 0 aromatic heterocycles. The lowest BCUT2D eigenvalue weighted by Gasteiger charge is -2.30. The summed E-state index contributed by atoms with van der Waals surface area (Å²) in [6.07, 6.45) is 3.01. The van der Waals surface area contributed by atoms with Gasteiger partial charge in [0.15, 0.2) is 0 Å². The molecule has 0 spiro atoms. The number of primary amides is 1. The molecule has 0 rings (SSSR count). The fraction of sp³-hybridized carbons (Fsp3) is 0.923. The largest absolute Gasteiger partial charge is 0.378 e. The van der Waals surface area contributed by atoms with Crippen LogP contribution in [0.2, 0.25) is 0 Å². The van der Waals surface area contributed by atoms with Gasteiger partial charge in [0.05, 0.1) is 11.6 Å². The van der Waals surface area contributed by atoms with Gasteiger partial charge in [0, 0.05) is 12.6 Å². The number of nitrogens with one attached hydrogen (secondary N) is 1. The Balaban J connectivity index is 4.14. The molecule has 17 heavy (non-hydrogen) atoms. The zero-order chi connectivity index (χ0) is 13.5. The number of hydrogen-bond donors (Lipinski definition) is 2. The Morgan fingerprint density at radius 2 is 2.00 bits per heavy atom. The van der Waals surface area contributed by atoms with Crippen molar-refractivity contribution in [1.82, 2.24) is 5.32 Å². The molecule has 0 aliphatic rings. The molecule has 102 valence electrons. The smallest absolute Gasteiger partial charge is 0.237 e. The molecule has 0 aromatic carbocycles. The van der Waals surface area contributed by atoms with E-state index in [-0.39, 0.29) is 18.1 Å². The highest BCUT2D eigenvalue weighted by Gasteiger charge is 2.31. The van der Waals surface area contributed by atoms with Gasteiger partial charge >= 0.3 is 0 Å². The van der Waals surface area contributed by atoms with Crippen LogP contribution in [-0.2, 0) is 9.53 Å². The summed E-state index contributed by atoms with van der Waals surface area (Å²) in [6, 6.07) is 0.223. The minimum Gasteiger partial charge on any atom is -0.378 e. The van der Waals surface area contributed by atoms with Crippen molar-refractivity contribution in [2.75, 3.05) is 6.61 Å². The number of hydrogen-bond acceptors (Lipinski definition) is 3. The number of nitrogens with two attached hydrogens (primary N) is 1. The van der Waals surface area contributed by atoms with E-state index in [2.05, 4.69) is 19.2 Å². The molecule has 0 aromatic rings. The third kappa shape index (κ3) is 6.64. The molecule has 4 heteroatoms. The minimum atomic E-state index is -0.680. The fourth-order valence-corrected chi connectivity index (χ4v) is 1.86. The van der Waals surface area contributed by atoms with E-state index in [1.807, 2.05) is 20.8 Å². The number of carbonyl (C=O) groups is 1. The van der Waals surface area contributed by atoms with E-state index in [0.717, 1.165) is 12.8 Å². The zero-order valence-corrected chi connectivity index (χ0v) is 11.9. The highest BCUT2D eigenvalue weighted by atomic mass is 16.5. The van der Waals surface area contributed by atoms with Gasteiger partial charge in [0.25, 0.3) is 0 Å². The van der Waals surface area contributed by atoms with E-state index < -0.39 is 5.54 Å². The third-order valence-electron chi connectivity index (χ3n) is 2.85. The molecule has 0 fully saturated rings. The molecular weight excluding hydrogens is 216 g/mol. The van der Waals surface area contributed by atoms with Crippen LogP contribution in [0.1, 0.15) is 53.9 Å². The van der Waals surface area contributed by atoms with Gasteiger partial charge in [-0.25, -0.2) is 0 Å². The summed E-state index contributed by atoms with van der Waals surface area (Å²) in [6.45, 7) is 10.6. The molecule has 0 saturated carbocycles. The average Bonchev–Trinajstić information content (AvgIpc) is 2.16. The van der Waals surface area contributed by atoms with Crippen LogP contribution < -0.4 is 11.1 Å². The molecule has 0 radical (unpaired) electrons. The van der Waals surface area contributed by atoms with Crippen molar-refractivity contribution in [3.8, 4) is 0 Å². The topological polar surface area (TPSA) is 64.3 Å². The van der Waals surface area contributed by atoms with Crippen LogP contribution in [0.5, 0.6) is 0 Å². The molecular formula is C13H28N2O2. The van der Waals surface area contributed by atoms with Gasteiger partial charge in [-0.1, -0.05) is 13.3 Å². The van der Waals surface area contributed by atoms with Crippen LogP contribution in [-0.4, -0.2) is 30.2 Å². The van der Waals surface area contributed by atoms with E-state index in [4.69, 9.17) is 10.5 Å². The Morgan fingerprint density at radius 1 is 1.41 bits per heavy atom. The van der Waals surface area contributed by atoms with E-state index in [1.54, 1.807) is 0 Å². The van der Waals surface area contributed by atoms with Gasteiger partial charge in [0.1, 0.15) is 0 Å². The molecule has 1 amide bonds. The molecule has 3 N–H and O–H groups in total. The van der Waals surface area contributed by atoms with Gasteiger partial charge in [-0.15, -0.1) is 0 Å². The van der Waals surface area contributed by atoms with Crippen molar-refractivity contribution in [2.45, 2.75) is 71.6 Å². The van der Waals surface area contributed by atoms with Crippen molar-refractivity contribution in [3.05, 3.63) is 0 Å². The number of ether oxygens (including phenoxy) is 1. The quantitative estimate of drug-likeness (QED) is 0.650. The fourth-order valence-electron chi connectivity index (χ4n) is 1.86. The average molecular weight is 244 g/mol. The first-order valence-electron chi connectivity index (χ1n) is 6.51. The maximum atomic E-state index is 11.5. The van der Waals surface area contributed by atoms with Crippen molar-refractivity contribution in [1.29, 1.82) is 0 Å². The van der Waals surface area contributed by atoms with Crippen LogP contribution in [0.15, 0.2) is 0 Å². The lowest BCUT2D eigenvalue weighted by molar-refractivity contribution is -0.125. The summed E-state index contributed by atoms with van der Waals surface area (Å²) in [4.78, 5) is 11.5. The van der Waals surface area contributed by atoms with Crippen LogP contribution >= 0.6 is 0 Å². The van der Waals surface area contributed by atoms with Gasteiger partial charge in [0.2, 0.25) is 5.91 Å². The second-order valence-corrected chi connectivity index (χ2v) is 5.22. The normalized spacial score (nSPS) is 16.8. The van der Waals surface area contributed by atoms with Crippen molar-refractivity contribution >= 4 is 5.91 Å². The van der Waals surface area contributed by atoms with Gasteiger partial charge in [-0.3, -0.25) is 4.79 Å². The molecule has 0 aliphatic heterocycles. The first kappa shape index (κ1) is 16.4. The van der Waals surface area contributed by atoms with Gasteiger partial charge < -0.3 is 15.8 Å². The Kier molecular flexibility index (Phi) is 7.39. The Hall–Kier alpha value is -0.610. The Morgan fingerprint density at radius 3 is 2.41 bits per heavy atom. The molecule has 2 atom stereocenters. The minimum absolute atomic E-state index is 0.223. The second kappa shape index (κ2) is 7.67. The summed E-state index contributed by atoms with van der Waals surface area (Å²) < 4.78 is 5.66. The molecule has 0 aliphatic carbocycles. The molecule has 0 bridgehead atoms. The highest BCUT2D eigenvalue weighted by Crippen LogP contribution is 2.12. The SMILES string of the molecule is CCCC(C)OCCC(C)(NC(C)C)C(N)=O. The Labute approximate surface area is 105 Å². The number of rotatable bonds is 9. The maximum absolute atomic E-state index is 11.5. The van der Waals surface area contributed by atoms with E-state index >= 15 is 0 Å². The predicted octanol–water partition coefficient (Wildman–Crippen LogP) is 1.82. The van der Waals surface area contributed by atoms with E-state index in [9.17, 15) is 4.79 Å². The molecule has 2 unspecified atom stereocenters. The van der Waals surface area contributed by atoms with E-state index in [0.29, 0.717) is 13.0 Å². The summed E-state index contributed by atoms with van der Waals surface area (Å²) in [7, 11) is 0. The summed E-state index contributed by atoms with van der Waals surface area (Å²) in [5.74, 6) is -0.321. The van der Waals surface area contributed by atoms with Crippen LogP contribution in [0.4, 0.5) is 0 Å². The van der Waals surface area contributed by atoms with E-state index in [1.165, 1.54) is 0 Å². The van der Waals surface area contributed by atoms with Crippen LogP contribution in [0.3, 0.4) is 0 Å². The number of carbonyl (C=O) groups excluding carboxylic acids is 1. The molecule has 4 nitrogen and oxygen atoms in total. The zero-order valence-electron chi connectivity index (χ0n) is 11.9. The van der Waals surface area contributed by atoms with Gasteiger partial charge in [-0.2, -0.15) is 0 Å². The highest BCUT2D eigenvalue weighted by molar-refractivity contribution is 5.84. The van der Waals surface area contributed by atoms with Crippen LogP contribution in [0.25, 0.3) is 0 Å². The first-order valence-corrected chi connectivity index (χ1v) is 6.51. The first-order chi connectivity index (χ1) is 7.81. The standard InChI is InChI=1S/C13H28N2O2/c1-6-7-11(4)17-9-8-13(5,12(14)16)15-10(2)3/h10-11,15H,6-9H2,1-5H3,(H2,14,16). The van der Waals surface area contributed by atoms with Crippen molar-refractivity contribution in [3.63, 3.8) is 0 Å². The third-order valence-corrected chi connectivity index (χ3v) is 2.85. The predicted molar refractivity (Wildman–Crippen MR) is 70.8 cm³/mol. The summed E-state index contributed by atoms with van der Waals surface area (Å²) >= 11 is 0.